The van der Waals surface area contributed by atoms with Gasteiger partial charge in [-0.2, -0.15) is 0 Å². The number of aliphatic hydroxyl groups excluding tert-OH is 1. The Hall–Kier alpha value is -3.25. The summed E-state index contributed by atoms with van der Waals surface area (Å²) in [7, 11) is 4.17. The highest BCUT2D eigenvalue weighted by Crippen LogP contribution is 2.48. The van der Waals surface area contributed by atoms with E-state index >= 15 is 0 Å². The number of H-pyrrole nitrogens is 1. The number of piperazine rings is 1. The average molecular weight is 691 g/mol. The van der Waals surface area contributed by atoms with E-state index in [0.717, 1.165) is 76.6 Å². The van der Waals surface area contributed by atoms with Gasteiger partial charge in [0.05, 0.1) is 24.0 Å². The van der Waals surface area contributed by atoms with Gasteiger partial charge in [0.2, 0.25) is 0 Å². The van der Waals surface area contributed by atoms with Crippen LogP contribution >= 0.6 is 23.4 Å². The van der Waals surface area contributed by atoms with Gasteiger partial charge in [0.1, 0.15) is 6.61 Å². The number of anilines is 2. The van der Waals surface area contributed by atoms with Crippen LogP contribution in [0.1, 0.15) is 17.5 Å². The van der Waals surface area contributed by atoms with Crippen LogP contribution in [0.5, 0.6) is 0 Å². The topological polar surface area (TPSA) is 87.3 Å². The molecule has 0 spiro atoms. The second kappa shape index (κ2) is 16.4. The largest absolute Gasteiger partial charge is 0.447 e. The highest BCUT2D eigenvalue weighted by atomic mass is 35.5. The van der Waals surface area contributed by atoms with Crippen molar-refractivity contribution in [3.8, 4) is 0 Å². The molecule has 9 nitrogen and oxygen atoms in total. The summed E-state index contributed by atoms with van der Waals surface area (Å²) >= 11 is 8.12. The van der Waals surface area contributed by atoms with E-state index in [1.54, 1.807) is 0 Å². The van der Waals surface area contributed by atoms with Gasteiger partial charge in [-0.1, -0.05) is 41.6 Å². The van der Waals surface area contributed by atoms with E-state index in [2.05, 4.69) is 105 Å². The predicted octanol–water partition coefficient (Wildman–Crippen LogP) is 5.87. The molecule has 3 N–H and O–H groups in total. The van der Waals surface area contributed by atoms with Crippen LogP contribution in [-0.2, 0) is 17.6 Å². The summed E-state index contributed by atoms with van der Waals surface area (Å²) in [5, 5.41) is 14.0. The highest BCUT2D eigenvalue weighted by Gasteiger charge is 2.24. The van der Waals surface area contributed by atoms with Gasteiger partial charge in [0.15, 0.2) is 0 Å². The van der Waals surface area contributed by atoms with E-state index in [1.807, 2.05) is 17.8 Å². The number of aromatic nitrogens is 1. The van der Waals surface area contributed by atoms with Crippen molar-refractivity contribution in [1.82, 2.24) is 25.0 Å². The van der Waals surface area contributed by atoms with Crippen molar-refractivity contribution >= 4 is 51.7 Å². The number of carbonyl (C=O) groups excluding carboxylic acids is 1. The lowest BCUT2D eigenvalue weighted by atomic mass is 10.0. The predicted molar refractivity (Wildman–Crippen MR) is 196 cm³/mol. The Bertz CT molecular complexity index is 1670. The lowest BCUT2D eigenvalue weighted by Crippen LogP contribution is -2.47. The van der Waals surface area contributed by atoms with Crippen LogP contribution in [0.25, 0.3) is 10.9 Å². The molecule has 2 fully saturated rings. The maximum Gasteiger partial charge on any atom is 0.407 e. The number of nitrogens with zero attached hydrogens (tertiary/aromatic N) is 4. The average Bonchev–Trinajstić information content (AvgIpc) is 3.69. The van der Waals surface area contributed by atoms with Crippen molar-refractivity contribution in [3.63, 3.8) is 0 Å². The van der Waals surface area contributed by atoms with Crippen molar-refractivity contribution in [2.45, 2.75) is 35.1 Å². The van der Waals surface area contributed by atoms with Crippen molar-refractivity contribution < 1.29 is 14.6 Å². The number of para-hydroxylation sites is 1. The number of hydrogen-bond acceptors (Lipinski definition) is 8. The zero-order valence-corrected chi connectivity index (χ0v) is 29.5. The van der Waals surface area contributed by atoms with Gasteiger partial charge in [-0.3, -0.25) is 4.90 Å². The summed E-state index contributed by atoms with van der Waals surface area (Å²) in [6.45, 7) is 8.94. The van der Waals surface area contributed by atoms with Gasteiger partial charge in [-0.15, -0.1) is 0 Å². The molecule has 1 atom stereocenters. The summed E-state index contributed by atoms with van der Waals surface area (Å²) in [5.74, 6) is 0. The van der Waals surface area contributed by atoms with Gasteiger partial charge in [-0.05, 0) is 93.5 Å². The van der Waals surface area contributed by atoms with Crippen LogP contribution in [0.15, 0.2) is 76.7 Å². The number of carbonyl (C=O) groups is 1. The molecule has 1 amide bonds. The molecule has 0 bridgehead atoms. The quantitative estimate of drug-likeness (QED) is 0.180. The number of ether oxygens (including phenoxy) is 1. The second-order valence-corrected chi connectivity index (χ2v) is 14.5. The Kier molecular flexibility index (Phi) is 11.8. The van der Waals surface area contributed by atoms with Crippen molar-refractivity contribution in [2.75, 3.05) is 84.6 Å². The smallest absolute Gasteiger partial charge is 0.407 e. The van der Waals surface area contributed by atoms with E-state index in [9.17, 15) is 4.79 Å². The van der Waals surface area contributed by atoms with Crippen LogP contribution in [0, 0.1) is 0 Å². The van der Waals surface area contributed by atoms with Crippen molar-refractivity contribution in [2.24, 2.45) is 0 Å². The number of halogens is 1. The fraction of sp³-hybridized carbons (Fsp3) is 0.432. The number of alkyl carbamates (subject to hydrolysis) is 1. The first-order chi connectivity index (χ1) is 23.4. The second-order valence-electron chi connectivity index (χ2n) is 13.0. The van der Waals surface area contributed by atoms with Gasteiger partial charge < -0.3 is 34.8 Å². The molecule has 11 heteroatoms. The Morgan fingerprint density at radius 1 is 0.958 bits per heavy atom. The number of hydrogen-bond donors (Lipinski definition) is 3. The molecule has 1 aromatic heterocycles. The Balaban J connectivity index is 0.000000173. The third-order valence-corrected chi connectivity index (χ3v) is 10.6. The van der Waals surface area contributed by atoms with Gasteiger partial charge in [0.25, 0.3) is 0 Å². The third kappa shape index (κ3) is 8.85. The number of rotatable bonds is 11. The molecule has 3 aliphatic heterocycles. The first-order valence-corrected chi connectivity index (χ1v) is 18.1. The SMILES string of the molecule is CN(C)CCc1c[nH]c2ccc(C[C@H]3COC(=O)N3)cc12.OCCN1CCN(CCCN2c3ccccc3Sc3ccc(Cl)cc32)CC1. The maximum absolute atomic E-state index is 11.1. The number of amides is 1. The Morgan fingerprint density at radius 3 is 2.48 bits per heavy atom. The lowest BCUT2D eigenvalue weighted by molar-refractivity contribution is 0.112. The summed E-state index contributed by atoms with van der Waals surface area (Å²) < 4.78 is 4.94. The van der Waals surface area contributed by atoms with Crippen molar-refractivity contribution in [3.05, 3.63) is 83.0 Å². The van der Waals surface area contributed by atoms with Crippen LogP contribution in [0.2, 0.25) is 5.02 Å². The van der Waals surface area contributed by atoms with Gasteiger partial charge >= 0.3 is 6.09 Å². The number of β-amino-alcohol motifs (C(OH)–C–C–N with tert-alkyl or cyclic N) is 1. The minimum atomic E-state index is -0.311. The zero-order valence-electron chi connectivity index (χ0n) is 28.0. The van der Waals surface area contributed by atoms with E-state index in [-0.39, 0.29) is 18.7 Å². The van der Waals surface area contributed by atoms with Crippen LogP contribution in [0.3, 0.4) is 0 Å². The molecule has 4 heterocycles. The molecule has 4 aromatic rings. The van der Waals surface area contributed by atoms with Crippen LogP contribution < -0.4 is 10.2 Å². The molecule has 0 radical (unpaired) electrons. The highest BCUT2D eigenvalue weighted by molar-refractivity contribution is 7.99. The number of aliphatic hydroxyl groups is 1. The van der Waals surface area contributed by atoms with E-state index in [1.165, 1.54) is 43.2 Å². The maximum atomic E-state index is 11.1. The normalized spacial score (nSPS) is 17.9. The number of nitrogens with one attached hydrogen (secondary N) is 2. The first kappa shape index (κ1) is 34.6. The molecule has 3 aliphatic rings. The summed E-state index contributed by atoms with van der Waals surface area (Å²) in [4.78, 5) is 26.5. The summed E-state index contributed by atoms with van der Waals surface area (Å²) in [6, 6.07) is 21.4. The third-order valence-electron chi connectivity index (χ3n) is 9.20. The molecule has 2 saturated heterocycles. The fourth-order valence-electron chi connectivity index (χ4n) is 6.60. The molecule has 48 heavy (non-hydrogen) atoms. The Morgan fingerprint density at radius 2 is 1.73 bits per heavy atom. The molecule has 0 saturated carbocycles. The molecule has 0 aliphatic carbocycles. The minimum Gasteiger partial charge on any atom is -0.447 e. The standard InChI is InChI=1S/C21H26ClN3OS.C16H21N3O2/c22-17-6-7-21-19(16-17)25(18-4-1-2-5-20(18)27-21)9-3-8-23-10-12-24(13-11-23)14-15-26;1-19(2)6-5-12-9-17-15-4-3-11(8-14(12)15)7-13-10-21-16(20)18-13/h1-2,4-7,16,26H,3,8-15H2;3-4,8-9,13,17H,5-7,10H2,1-2H3,(H,18,20)/t;13-/m.0/s1. The number of fused-ring (bicyclic) bond motifs is 3. The van der Waals surface area contributed by atoms with E-state index in [4.69, 9.17) is 21.4 Å². The number of cyclic esters (lactones) is 1. The number of aromatic amines is 1. The Labute approximate surface area is 293 Å². The first-order valence-electron chi connectivity index (χ1n) is 16.9. The minimum absolute atomic E-state index is 0.0825. The number of likely N-dealkylation sites (N-methyl/N-ethyl adjacent to an activating group) is 1. The summed E-state index contributed by atoms with van der Waals surface area (Å²) in [5.41, 5.74) is 6.24. The monoisotopic (exact) mass is 690 g/mol. The molecule has 256 valence electrons. The lowest BCUT2D eigenvalue weighted by Gasteiger charge is -2.36. The van der Waals surface area contributed by atoms with Crippen molar-refractivity contribution in [1.29, 1.82) is 0 Å². The summed E-state index contributed by atoms with van der Waals surface area (Å²) in [6.07, 6.45) is 4.73. The fourth-order valence-corrected chi connectivity index (χ4v) is 7.84. The zero-order chi connectivity index (χ0) is 33.5. The van der Waals surface area contributed by atoms with Crippen LogP contribution in [0.4, 0.5) is 16.2 Å². The molecule has 7 rings (SSSR count). The van der Waals surface area contributed by atoms with Crippen LogP contribution in [-0.4, -0.2) is 117 Å². The van der Waals surface area contributed by atoms with E-state index < -0.39 is 0 Å². The number of benzene rings is 3. The van der Waals surface area contributed by atoms with Gasteiger partial charge in [0, 0.05) is 77.7 Å². The molecular formula is C37H47ClN6O3S. The molecular weight excluding hydrogens is 644 g/mol. The van der Waals surface area contributed by atoms with E-state index in [0.29, 0.717) is 6.61 Å². The molecule has 3 aromatic carbocycles. The molecule has 0 unspecified atom stereocenters. The van der Waals surface area contributed by atoms with Gasteiger partial charge in [-0.25, -0.2) is 4.79 Å².